The number of furan rings is 1. The Balaban J connectivity index is 1.95. The normalized spacial score (nSPS) is 16.4. The predicted molar refractivity (Wildman–Crippen MR) is 125 cm³/mol. The average Bonchev–Trinajstić information content (AvgIpc) is 3.29. The van der Waals surface area contributed by atoms with Gasteiger partial charge in [-0.3, -0.25) is 23.9 Å². The van der Waals surface area contributed by atoms with Crippen molar-refractivity contribution in [1.29, 1.82) is 0 Å². The molecule has 0 bridgehead atoms. The third-order valence-electron chi connectivity index (χ3n) is 5.67. The molecule has 0 radical (unpaired) electrons. The van der Waals surface area contributed by atoms with E-state index in [0.717, 1.165) is 0 Å². The lowest BCUT2D eigenvalue weighted by Crippen LogP contribution is -2.50. The van der Waals surface area contributed by atoms with E-state index >= 15 is 0 Å². The number of piperidine rings is 1. The highest BCUT2D eigenvalue weighted by atomic mass is 16.3. The fourth-order valence-corrected chi connectivity index (χ4v) is 4.19. The molecule has 3 rings (SSSR count). The monoisotopic (exact) mass is 459 g/mol. The molecule has 0 aliphatic carbocycles. The number of amides is 2. The number of nitrogen functional groups attached to an aromatic ring is 1. The summed E-state index contributed by atoms with van der Waals surface area (Å²) in [5, 5.41) is 0. The van der Waals surface area contributed by atoms with Gasteiger partial charge in [0.15, 0.2) is 5.69 Å². The zero-order valence-corrected chi connectivity index (χ0v) is 19.7. The lowest BCUT2D eigenvalue weighted by atomic mass is 9.95. The van der Waals surface area contributed by atoms with Crippen molar-refractivity contribution in [2.24, 2.45) is 17.8 Å². The van der Waals surface area contributed by atoms with Crippen LogP contribution in [0.3, 0.4) is 0 Å². The Labute approximate surface area is 192 Å². The quantitative estimate of drug-likeness (QED) is 0.649. The highest BCUT2D eigenvalue weighted by Crippen LogP contribution is 2.26. The van der Waals surface area contributed by atoms with E-state index in [2.05, 4.69) is 4.98 Å². The van der Waals surface area contributed by atoms with Gasteiger partial charge in [-0.15, -0.1) is 0 Å². The van der Waals surface area contributed by atoms with Gasteiger partial charge >= 0.3 is 5.69 Å². The predicted octanol–water partition coefficient (Wildman–Crippen LogP) is 1.91. The maximum atomic E-state index is 13.7. The van der Waals surface area contributed by atoms with Gasteiger partial charge in [0.25, 0.3) is 11.5 Å². The van der Waals surface area contributed by atoms with Crippen LogP contribution in [0.4, 0.5) is 11.5 Å². The summed E-state index contributed by atoms with van der Waals surface area (Å²) in [5.41, 5.74) is 5.44. The Morgan fingerprint density at radius 3 is 2.58 bits per heavy atom. The van der Waals surface area contributed by atoms with E-state index in [-0.39, 0.29) is 48.2 Å². The van der Waals surface area contributed by atoms with Gasteiger partial charge in [0.1, 0.15) is 12.1 Å². The van der Waals surface area contributed by atoms with Crippen LogP contribution in [0.15, 0.2) is 32.6 Å². The number of nitrogens with one attached hydrogen (secondary N) is 1. The molecule has 0 aromatic carbocycles. The second-order valence-electron chi connectivity index (χ2n) is 9.44. The summed E-state index contributed by atoms with van der Waals surface area (Å²) in [5.74, 6) is -0.824. The van der Waals surface area contributed by atoms with Crippen LogP contribution >= 0.6 is 0 Å². The minimum absolute atomic E-state index is 0.00719. The van der Waals surface area contributed by atoms with Crippen LogP contribution in [-0.4, -0.2) is 45.9 Å². The molecule has 1 saturated heterocycles. The SMILES string of the molecule is CC(C)CN(C(=O)C1CCCN(C(=O)c2ccoc2)C1)c1c(N)n(CC(C)C)c(=O)[nH]c1=O. The second kappa shape index (κ2) is 10.1. The molecule has 1 aliphatic heterocycles. The van der Waals surface area contributed by atoms with E-state index in [1.165, 1.54) is 22.0 Å². The molecule has 33 heavy (non-hydrogen) atoms. The van der Waals surface area contributed by atoms with E-state index < -0.39 is 17.2 Å². The van der Waals surface area contributed by atoms with Crippen molar-refractivity contribution < 1.29 is 14.0 Å². The Morgan fingerprint density at radius 2 is 1.97 bits per heavy atom. The molecule has 0 saturated carbocycles. The van der Waals surface area contributed by atoms with Gasteiger partial charge in [0.2, 0.25) is 5.91 Å². The first-order valence-corrected chi connectivity index (χ1v) is 11.4. The van der Waals surface area contributed by atoms with E-state index in [1.807, 2.05) is 27.7 Å². The van der Waals surface area contributed by atoms with E-state index in [9.17, 15) is 19.2 Å². The first kappa shape index (κ1) is 24.3. The van der Waals surface area contributed by atoms with Crippen molar-refractivity contribution in [2.45, 2.75) is 47.1 Å². The zero-order chi connectivity index (χ0) is 24.3. The number of hydrogen-bond acceptors (Lipinski definition) is 6. The maximum absolute atomic E-state index is 13.7. The van der Waals surface area contributed by atoms with Crippen LogP contribution in [0.5, 0.6) is 0 Å². The summed E-state index contributed by atoms with van der Waals surface area (Å²) in [6, 6.07) is 1.59. The van der Waals surface area contributed by atoms with Gasteiger partial charge in [-0.05, 0) is 30.7 Å². The van der Waals surface area contributed by atoms with Crippen molar-refractivity contribution in [3.05, 3.63) is 45.0 Å². The number of likely N-dealkylation sites (tertiary alicyclic amines) is 1. The number of anilines is 2. The molecule has 3 heterocycles. The smallest absolute Gasteiger partial charge is 0.330 e. The molecular formula is C23H33N5O5. The first-order valence-electron chi connectivity index (χ1n) is 11.4. The van der Waals surface area contributed by atoms with Crippen LogP contribution in [0.25, 0.3) is 0 Å². The molecule has 1 unspecified atom stereocenters. The summed E-state index contributed by atoms with van der Waals surface area (Å²) < 4.78 is 6.32. The average molecular weight is 460 g/mol. The van der Waals surface area contributed by atoms with Gasteiger partial charge in [0.05, 0.1) is 17.7 Å². The van der Waals surface area contributed by atoms with Gasteiger partial charge in [-0.1, -0.05) is 27.7 Å². The minimum atomic E-state index is -0.686. The summed E-state index contributed by atoms with van der Waals surface area (Å²) in [4.78, 5) is 57.0. The van der Waals surface area contributed by atoms with Crippen LogP contribution in [0.1, 0.15) is 50.9 Å². The number of rotatable bonds is 7. The number of aromatic nitrogens is 2. The van der Waals surface area contributed by atoms with Crippen LogP contribution < -0.4 is 21.9 Å². The molecule has 2 aromatic rings. The molecule has 10 nitrogen and oxygen atoms in total. The van der Waals surface area contributed by atoms with E-state index in [0.29, 0.717) is 31.5 Å². The lowest BCUT2D eigenvalue weighted by Gasteiger charge is -2.35. The number of aromatic amines is 1. The van der Waals surface area contributed by atoms with Crippen molar-refractivity contribution in [3.63, 3.8) is 0 Å². The van der Waals surface area contributed by atoms with Gasteiger partial charge in [-0.25, -0.2) is 4.79 Å². The number of nitrogens with zero attached hydrogens (tertiary/aromatic N) is 3. The highest BCUT2D eigenvalue weighted by molar-refractivity contribution is 5.98. The zero-order valence-electron chi connectivity index (χ0n) is 19.7. The number of nitrogens with two attached hydrogens (primary N) is 1. The Morgan fingerprint density at radius 1 is 1.24 bits per heavy atom. The molecular weight excluding hydrogens is 426 g/mol. The molecule has 1 aliphatic rings. The fourth-order valence-electron chi connectivity index (χ4n) is 4.19. The number of carbonyl (C=O) groups excluding carboxylic acids is 2. The number of H-pyrrole nitrogens is 1. The topological polar surface area (TPSA) is 135 Å². The number of hydrogen-bond donors (Lipinski definition) is 2. The van der Waals surface area contributed by atoms with Gasteiger partial charge in [0, 0.05) is 26.2 Å². The molecule has 10 heteroatoms. The van der Waals surface area contributed by atoms with Crippen molar-refractivity contribution in [2.75, 3.05) is 30.3 Å². The summed E-state index contributed by atoms with van der Waals surface area (Å²) >= 11 is 0. The molecule has 1 atom stereocenters. The minimum Gasteiger partial charge on any atom is -0.472 e. The second-order valence-corrected chi connectivity index (χ2v) is 9.44. The molecule has 0 spiro atoms. The van der Waals surface area contributed by atoms with Crippen LogP contribution in [0.2, 0.25) is 0 Å². The lowest BCUT2D eigenvalue weighted by molar-refractivity contribution is -0.123. The third-order valence-corrected chi connectivity index (χ3v) is 5.67. The van der Waals surface area contributed by atoms with Crippen LogP contribution in [-0.2, 0) is 11.3 Å². The molecule has 2 amide bonds. The van der Waals surface area contributed by atoms with E-state index in [1.54, 1.807) is 11.0 Å². The molecule has 180 valence electrons. The first-order chi connectivity index (χ1) is 15.6. The highest BCUT2D eigenvalue weighted by Gasteiger charge is 2.34. The molecule has 1 fully saturated rings. The van der Waals surface area contributed by atoms with Crippen molar-refractivity contribution in [3.8, 4) is 0 Å². The maximum Gasteiger partial charge on any atom is 0.330 e. The Hall–Kier alpha value is -3.30. The molecule has 3 N–H and O–H groups in total. The largest absolute Gasteiger partial charge is 0.472 e. The number of carbonyl (C=O) groups is 2. The van der Waals surface area contributed by atoms with Crippen molar-refractivity contribution >= 4 is 23.3 Å². The van der Waals surface area contributed by atoms with Crippen molar-refractivity contribution in [1.82, 2.24) is 14.5 Å². The Bertz CT molecular complexity index is 1100. The van der Waals surface area contributed by atoms with E-state index in [4.69, 9.17) is 10.2 Å². The third kappa shape index (κ3) is 5.37. The fraction of sp³-hybridized carbons (Fsp3) is 0.565. The van der Waals surface area contributed by atoms with Crippen LogP contribution in [0, 0.1) is 17.8 Å². The van der Waals surface area contributed by atoms with Gasteiger partial charge < -0.3 is 20.0 Å². The molecule has 2 aromatic heterocycles. The van der Waals surface area contributed by atoms with Gasteiger partial charge in [-0.2, -0.15) is 0 Å². The Kier molecular flexibility index (Phi) is 7.45. The summed E-state index contributed by atoms with van der Waals surface area (Å²) in [6.45, 7) is 9.09. The standard InChI is InChI=1S/C23H33N5O5/c1-14(2)10-27(18-19(24)28(11-15(3)4)23(32)25-20(18)29)22(31)16-6-5-8-26(12-16)21(30)17-7-9-33-13-17/h7,9,13-16H,5-6,8,10-12,24H2,1-4H3,(H,25,29,32). The summed E-state index contributed by atoms with van der Waals surface area (Å²) in [6.07, 6.45) is 4.07. The summed E-state index contributed by atoms with van der Waals surface area (Å²) in [7, 11) is 0.